The monoisotopic (exact) mass is 287 g/mol. The predicted molar refractivity (Wildman–Crippen MR) is 78.6 cm³/mol. The van der Waals surface area contributed by atoms with Crippen molar-refractivity contribution in [3.05, 3.63) is 17.5 Å². The van der Waals surface area contributed by atoms with E-state index in [1.807, 2.05) is 13.0 Å². The SMILES string of the molecule is CCCNC(C)(CCCSc1cccs1)C(=O)O. The number of hydrogen-bond donors (Lipinski definition) is 2. The molecule has 1 atom stereocenters. The van der Waals surface area contributed by atoms with E-state index in [1.54, 1.807) is 30.0 Å². The molecule has 1 rings (SSSR count). The Bertz CT molecular complexity index is 354. The molecule has 0 fully saturated rings. The molecule has 0 bridgehead atoms. The van der Waals surface area contributed by atoms with Crippen LogP contribution in [0.5, 0.6) is 0 Å². The van der Waals surface area contributed by atoms with Crippen molar-refractivity contribution < 1.29 is 9.90 Å². The quantitative estimate of drug-likeness (QED) is 0.539. The number of thiophene rings is 1. The van der Waals surface area contributed by atoms with Crippen LogP contribution >= 0.6 is 23.1 Å². The van der Waals surface area contributed by atoms with Gasteiger partial charge in [0.1, 0.15) is 5.54 Å². The zero-order valence-electron chi connectivity index (χ0n) is 10.9. The maximum atomic E-state index is 11.3. The highest BCUT2D eigenvalue weighted by atomic mass is 32.2. The third-order valence-corrected chi connectivity index (χ3v) is 5.01. The molecule has 0 saturated carbocycles. The van der Waals surface area contributed by atoms with E-state index in [0.717, 1.165) is 25.1 Å². The van der Waals surface area contributed by atoms with Crippen molar-refractivity contribution in [3.63, 3.8) is 0 Å². The number of carboxylic acids is 1. The van der Waals surface area contributed by atoms with Crippen LogP contribution in [0.25, 0.3) is 0 Å². The Morgan fingerprint density at radius 2 is 2.39 bits per heavy atom. The number of nitrogens with one attached hydrogen (secondary N) is 1. The Labute approximate surface area is 117 Å². The Morgan fingerprint density at radius 3 is 2.94 bits per heavy atom. The summed E-state index contributed by atoms with van der Waals surface area (Å²) in [5.41, 5.74) is -0.786. The van der Waals surface area contributed by atoms with Gasteiger partial charge >= 0.3 is 5.97 Å². The predicted octanol–water partition coefficient (Wildman–Crippen LogP) is 3.46. The van der Waals surface area contributed by atoms with Crippen LogP contribution in [0, 0.1) is 0 Å². The molecule has 0 aromatic carbocycles. The smallest absolute Gasteiger partial charge is 0.323 e. The van der Waals surface area contributed by atoms with Crippen molar-refractivity contribution in [1.82, 2.24) is 5.32 Å². The van der Waals surface area contributed by atoms with Gasteiger partial charge in [0, 0.05) is 0 Å². The lowest BCUT2D eigenvalue weighted by molar-refractivity contribution is -0.144. The van der Waals surface area contributed by atoms with Crippen molar-refractivity contribution in [2.24, 2.45) is 0 Å². The van der Waals surface area contributed by atoms with Crippen LogP contribution in [0.15, 0.2) is 21.7 Å². The van der Waals surface area contributed by atoms with Gasteiger partial charge in [-0.2, -0.15) is 0 Å². The molecule has 0 spiro atoms. The summed E-state index contributed by atoms with van der Waals surface area (Å²) in [6, 6.07) is 4.14. The first-order chi connectivity index (χ1) is 8.58. The number of carbonyl (C=O) groups is 1. The summed E-state index contributed by atoms with van der Waals surface area (Å²) in [5.74, 6) is 0.217. The van der Waals surface area contributed by atoms with Gasteiger partial charge in [-0.05, 0) is 49.9 Å². The van der Waals surface area contributed by atoms with Gasteiger partial charge in [0.05, 0.1) is 4.21 Å². The van der Waals surface area contributed by atoms with Crippen molar-refractivity contribution >= 4 is 29.1 Å². The first-order valence-electron chi connectivity index (χ1n) is 6.23. The Hall–Kier alpha value is -0.520. The lowest BCUT2D eigenvalue weighted by atomic mass is 9.96. The molecule has 5 heteroatoms. The Balaban J connectivity index is 2.31. The maximum Gasteiger partial charge on any atom is 0.323 e. The van der Waals surface area contributed by atoms with Crippen molar-refractivity contribution in [3.8, 4) is 0 Å². The molecule has 0 aliphatic rings. The summed E-state index contributed by atoms with van der Waals surface area (Å²) in [5, 5.41) is 14.5. The number of rotatable bonds is 9. The average molecular weight is 287 g/mol. The van der Waals surface area contributed by atoms with E-state index in [1.165, 1.54) is 4.21 Å². The minimum absolute atomic E-state index is 0.667. The van der Waals surface area contributed by atoms with Crippen LogP contribution in [0.3, 0.4) is 0 Å². The topological polar surface area (TPSA) is 49.3 Å². The van der Waals surface area contributed by atoms with Crippen LogP contribution in [0.1, 0.15) is 33.1 Å². The Kier molecular flexibility index (Phi) is 6.75. The lowest BCUT2D eigenvalue weighted by Gasteiger charge is -2.26. The van der Waals surface area contributed by atoms with Gasteiger partial charge in [-0.15, -0.1) is 23.1 Å². The van der Waals surface area contributed by atoms with Gasteiger partial charge in [-0.1, -0.05) is 13.0 Å². The van der Waals surface area contributed by atoms with Crippen molar-refractivity contribution in [2.75, 3.05) is 12.3 Å². The van der Waals surface area contributed by atoms with Gasteiger partial charge in [0.15, 0.2) is 0 Å². The molecular formula is C13H21NO2S2. The minimum atomic E-state index is -0.786. The third-order valence-electron chi connectivity index (χ3n) is 2.80. The van der Waals surface area contributed by atoms with E-state index in [-0.39, 0.29) is 0 Å². The third kappa shape index (κ3) is 5.00. The van der Waals surface area contributed by atoms with Crippen molar-refractivity contribution in [1.29, 1.82) is 0 Å². The van der Waals surface area contributed by atoms with Gasteiger partial charge in [-0.25, -0.2) is 0 Å². The first kappa shape index (κ1) is 15.5. The largest absolute Gasteiger partial charge is 0.480 e. The normalized spacial score (nSPS) is 14.3. The highest BCUT2D eigenvalue weighted by Crippen LogP contribution is 2.25. The Morgan fingerprint density at radius 1 is 1.61 bits per heavy atom. The van der Waals surface area contributed by atoms with E-state index < -0.39 is 11.5 Å². The van der Waals surface area contributed by atoms with Crippen molar-refractivity contribution in [2.45, 2.75) is 42.9 Å². The molecule has 1 unspecified atom stereocenters. The fourth-order valence-electron chi connectivity index (χ4n) is 1.62. The molecule has 0 saturated heterocycles. The van der Waals surface area contributed by atoms with Crippen LogP contribution in [-0.4, -0.2) is 28.9 Å². The number of thioether (sulfide) groups is 1. The van der Waals surface area contributed by atoms with Crippen LogP contribution in [-0.2, 0) is 4.79 Å². The molecule has 18 heavy (non-hydrogen) atoms. The second kappa shape index (κ2) is 7.81. The standard InChI is InChI=1S/C13H21NO2S2/c1-3-8-14-13(2,12(15)16)7-5-10-18-11-6-4-9-17-11/h4,6,9,14H,3,5,7-8,10H2,1-2H3,(H,15,16). The summed E-state index contributed by atoms with van der Waals surface area (Å²) in [4.78, 5) is 11.3. The fraction of sp³-hybridized carbons (Fsp3) is 0.615. The lowest BCUT2D eigenvalue weighted by Crippen LogP contribution is -2.49. The van der Waals surface area contributed by atoms with Gasteiger partial charge < -0.3 is 10.4 Å². The highest BCUT2D eigenvalue weighted by molar-refractivity contribution is 8.01. The molecule has 3 nitrogen and oxygen atoms in total. The second-order valence-corrected chi connectivity index (χ2v) is 6.79. The number of hydrogen-bond acceptors (Lipinski definition) is 4. The summed E-state index contributed by atoms with van der Waals surface area (Å²) in [6.07, 6.45) is 2.52. The zero-order chi connectivity index (χ0) is 13.4. The molecule has 102 valence electrons. The zero-order valence-corrected chi connectivity index (χ0v) is 12.6. The van der Waals surface area contributed by atoms with Crippen LogP contribution < -0.4 is 5.32 Å². The van der Waals surface area contributed by atoms with E-state index in [4.69, 9.17) is 0 Å². The van der Waals surface area contributed by atoms with E-state index in [9.17, 15) is 9.90 Å². The van der Waals surface area contributed by atoms with E-state index in [2.05, 4.69) is 16.8 Å². The van der Waals surface area contributed by atoms with E-state index in [0.29, 0.717) is 6.42 Å². The van der Waals surface area contributed by atoms with Crippen LogP contribution in [0.4, 0.5) is 0 Å². The molecule has 2 N–H and O–H groups in total. The summed E-state index contributed by atoms with van der Waals surface area (Å²) < 4.78 is 1.30. The maximum absolute atomic E-state index is 11.3. The molecule has 1 aromatic rings. The van der Waals surface area contributed by atoms with Gasteiger partial charge in [0.2, 0.25) is 0 Å². The summed E-state index contributed by atoms with van der Waals surface area (Å²) in [6.45, 7) is 4.57. The van der Waals surface area contributed by atoms with Gasteiger partial charge in [-0.3, -0.25) is 4.79 Å². The number of aliphatic carboxylic acids is 1. The molecule has 0 radical (unpaired) electrons. The molecule has 0 amide bonds. The van der Waals surface area contributed by atoms with Crippen LogP contribution in [0.2, 0.25) is 0 Å². The van der Waals surface area contributed by atoms with Gasteiger partial charge in [0.25, 0.3) is 0 Å². The highest BCUT2D eigenvalue weighted by Gasteiger charge is 2.31. The summed E-state index contributed by atoms with van der Waals surface area (Å²) in [7, 11) is 0. The molecular weight excluding hydrogens is 266 g/mol. The molecule has 0 aliphatic carbocycles. The minimum Gasteiger partial charge on any atom is -0.480 e. The molecule has 1 aromatic heterocycles. The first-order valence-corrected chi connectivity index (χ1v) is 8.10. The molecule has 0 aliphatic heterocycles. The van der Waals surface area contributed by atoms with E-state index >= 15 is 0 Å². The average Bonchev–Trinajstić information content (AvgIpc) is 2.85. The summed E-state index contributed by atoms with van der Waals surface area (Å²) >= 11 is 3.53. The second-order valence-electron chi connectivity index (χ2n) is 4.45. The molecule has 1 heterocycles. The fourth-order valence-corrected chi connectivity index (χ4v) is 3.42. The number of carboxylic acid groups (broad SMARTS) is 1.